The highest BCUT2D eigenvalue weighted by Gasteiger charge is 2.53. The molecular formula is C12H19NO3. The molecule has 1 atom stereocenters. The van der Waals surface area contributed by atoms with E-state index in [0.717, 1.165) is 6.42 Å². The number of hydrogen-bond donors (Lipinski definition) is 1. The number of carbonyl (C=O) groups excluding carboxylic acids is 1. The van der Waals surface area contributed by atoms with E-state index < -0.39 is 11.6 Å². The quantitative estimate of drug-likeness (QED) is 0.579. The van der Waals surface area contributed by atoms with Crippen molar-refractivity contribution in [1.82, 2.24) is 4.90 Å². The smallest absolute Gasteiger partial charge is 0.408 e. The number of aldehydes is 1. The number of carbonyl (C=O) groups is 2. The highest BCUT2D eigenvalue weighted by atomic mass is 16.4. The van der Waals surface area contributed by atoms with Crippen molar-refractivity contribution >= 4 is 12.4 Å². The number of nitrogens with zero attached hydrogens (tertiary/aromatic N) is 1. The van der Waals surface area contributed by atoms with E-state index >= 15 is 0 Å². The van der Waals surface area contributed by atoms with Crippen LogP contribution in [0.25, 0.3) is 0 Å². The third-order valence-electron chi connectivity index (χ3n) is 3.53. The molecule has 1 aliphatic heterocycles. The molecule has 0 unspecified atom stereocenters. The predicted octanol–water partition coefficient (Wildman–Crippen LogP) is 2.30. The van der Waals surface area contributed by atoms with Crippen LogP contribution in [0.4, 0.5) is 4.79 Å². The summed E-state index contributed by atoms with van der Waals surface area (Å²) in [5, 5.41) is 9.23. The SMILES string of the molecule is C=C(C=O)[C@@]1(C(C)(C)C)CCCN1C(=O)O. The van der Waals surface area contributed by atoms with Crippen LogP contribution < -0.4 is 0 Å². The van der Waals surface area contributed by atoms with Crippen molar-refractivity contribution in [3.8, 4) is 0 Å². The van der Waals surface area contributed by atoms with Gasteiger partial charge in [-0.25, -0.2) is 4.79 Å². The van der Waals surface area contributed by atoms with Gasteiger partial charge in [-0.1, -0.05) is 27.4 Å². The van der Waals surface area contributed by atoms with Crippen LogP contribution >= 0.6 is 0 Å². The minimum atomic E-state index is -0.976. The van der Waals surface area contributed by atoms with Crippen molar-refractivity contribution in [2.24, 2.45) is 5.41 Å². The molecular weight excluding hydrogens is 206 g/mol. The molecule has 0 saturated carbocycles. The van der Waals surface area contributed by atoms with E-state index in [1.165, 1.54) is 4.90 Å². The van der Waals surface area contributed by atoms with E-state index in [0.29, 0.717) is 24.8 Å². The van der Waals surface area contributed by atoms with Gasteiger partial charge in [0, 0.05) is 12.1 Å². The van der Waals surface area contributed by atoms with E-state index in [9.17, 15) is 14.7 Å². The maximum absolute atomic E-state index is 11.3. The maximum Gasteiger partial charge on any atom is 0.408 e. The Morgan fingerprint density at radius 3 is 2.44 bits per heavy atom. The van der Waals surface area contributed by atoms with Gasteiger partial charge >= 0.3 is 6.09 Å². The Morgan fingerprint density at radius 2 is 2.06 bits per heavy atom. The first-order chi connectivity index (χ1) is 7.27. The van der Waals surface area contributed by atoms with Crippen LogP contribution in [0.3, 0.4) is 0 Å². The summed E-state index contributed by atoms with van der Waals surface area (Å²) in [6.45, 7) is 10.1. The van der Waals surface area contributed by atoms with Gasteiger partial charge in [-0.05, 0) is 18.3 Å². The summed E-state index contributed by atoms with van der Waals surface area (Å²) in [5.41, 5.74) is -0.722. The van der Waals surface area contributed by atoms with E-state index in [-0.39, 0.29) is 5.41 Å². The zero-order valence-electron chi connectivity index (χ0n) is 10.1. The fourth-order valence-corrected chi connectivity index (χ4v) is 2.77. The molecule has 1 N–H and O–H groups in total. The van der Waals surface area contributed by atoms with Crippen LogP contribution in [0.15, 0.2) is 12.2 Å². The number of hydrogen-bond acceptors (Lipinski definition) is 2. The van der Waals surface area contributed by atoms with Gasteiger partial charge < -0.3 is 5.11 Å². The van der Waals surface area contributed by atoms with Crippen LogP contribution in [0.5, 0.6) is 0 Å². The molecule has 0 aromatic heterocycles. The second-order valence-electron chi connectivity index (χ2n) is 5.29. The Balaban J connectivity index is 3.29. The zero-order chi connectivity index (χ0) is 12.6. The predicted molar refractivity (Wildman–Crippen MR) is 61.4 cm³/mol. The highest BCUT2D eigenvalue weighted by molar-refractivity contribution is 5.80. The fraction of sp³-hybridized carbons (Fsp3) is 0.667. The minimum absolute atomic E-state index is 0.333. The first-order valence-corrected chi connectivity index (χ1v) is 5.42. The van der Waals surface area contributed by atoms with Crippen LogP contribution in [0, 0.1) is 5.41 Å². The lowest BCUT2D eigenvalue weighted by Crippen LogP contribution is -2.56. The average Bonchev–Trinajstić information content (AvgIpc) is 2.60. The third-order valence-corrected chi connectivity index (χ3v) is 3.53. The molecule has 0 spiro atoms. The van der Waals surface area contributed by atoms with Crippen LogP contribution in [0.2, 0.25) is 0 Å². The van der Waals surface area contributed by atoms with Crippen molar-refractivity contribution in [3.63, 3.8) is 0 Å². The molecule has 0 radical (unpaired) electrons. The molecule has 4 nitrogen and oxygen atoms in total. The largest absolute Gasteiger partial charge is 0.465 e. The standard InChI is InChI=1S/C12H19NO3/c1-9(8-14)12(11(2,3)4)6-5-7-13(12)10(15)16/h8H,1,5-7H2,2-4H3,(H,15,16)/t12-/m1/s1. The first-order valence-electron chi connectivity index (χ1n) is 5.42. The van der Waals surface area contributed by atoms with Gasteiger partial charge in [0.25, 0.3) is 0 Å². The molecule has 4 heteroatoms. The number of carboxylic acid groups (broad SMARTS) is 1. The maximum atomic E-state index is 11.3. The van der Waals surface area contributed by atoms with Gasteiger partial charge in [0.15, 0.2) is 0 Å². The summed E-state index contributed by atoms with van der Waals surface area (Å²) in [5.74, 6) is 0. The van der Waals surface area contributed by atoms with Gasteiger partial charge in [-0.3, -0.25) is 9.69 Å². The molecule has 16 heavy (non-hydrogen) atoms. The second kappa shape index (κ2) is 3.92. The monoisotopic (exact) mass is 225 g/mol. The van der Waals surface area contributed by atoms with Gasteiger partial charge in [0.1, 0.15) is 6.29 Å². The molecule has 0 aromatic rings. The van der Waals surface area contributed by atoms with Gasteiger partial charge in [-0.2, -0.15) is 0 Å². The van der Waals surface area contributed by atoms with Crippen molar-refractivity contribution in [2.45, 2.75) is 39.2 Å². The summed E-state index contributed by atoms with van der Waals surface area (Å²) in [7, 11) is 0. The van der Waals surface area contributed by atoms with E-state index in [1.54, 1.807) is 0 Å². The number of amides is 1. The molecule has 1 fully saturated rings. The average molecular weight is 225 g/mol. The summed E-state index contributed by atoms with van der Waals surface area (Å²) < 4.78 is 0. The van der Waals surface area contributed by atoms with E-state index in [2.05, 4.69) is 6.58 Å². The van der Waals surface area contributed by atoms with E-state index in [1.807, 2.05) is 20.8 Å². The highest BCUT2D eigenvalue weighted by Crippen LogP contribution is 2.47. The fourth-order valence-electron chi connectivity index (χ4n) is 2.77. The molecule has 1 saturated heterocycles. The van der Waals surface area contributed by atoms with Crippen molar-refractivity contribution in [1.29, 1.82) is 0 Å². The lowest BCUT2D eigenvalue weighted by Gasteiger charge is -2.47. The molecule has 1 aliphatic rings. The van der Waals surface area contributed by atoms with Crippen LogP contribution in [-0.4, -0.2) is 34.5 Å². The minimum Gasteiger partial charge on any atom is -0.465 e. The van der Waals surface area contributed by atoms with Gasteiger partial charge in [0.05, 0.1) is 5.54 Å². The Labute approximate surface area is 95.9 Å². The topological polar surface area (TPSA) is 57.6 Å². The third kappa shape index (κ3) is 1.62. The van der Waals surface area contributed by atoms with Gasteiger partial charge in [-0.15, -0.1) is 0 Å². The summed E-state index contributed by atoms with van der Waals surface area (Å²) >= 11 is 0. The molecule has 1 rings (SSSR count). The van der Waals surface area contributed by atoms with E-state index in [4.69, 9.17) is 0 Å². The Bertz CT molecular complexity index is 330. The van der Waals surface area contributed by atoms with Crippen molar-refractivity contribution < 1.29 is 14.7 Å². The molecule has 1 amide bonds. The Kier molecular flexibility index (Phi) is 3.13. The summed E-state index contributed by atoms with van der Waals surface area (Å²) in [6, 6.07) is 0. The van der Waals surface area contributed by atoms with Crippen LogP contribution in [0.1, 0.15) is 33.6 Å². The Hall–Kier alpha value is -1.32. The lowest BCUT2D eigenvalue weighted by molar-refractivity contribution is -0.106. The number of likely N-dealkylation sites (tertiary alicyclic amines) is 1. The first kappa shape index (κ1) is 12.7. The molecule has 0 aromatic carbocycles. The normalized spacial score (nSPS) is 25.6. The molecule has 0 bridgehead atoms. The summed E-state index contributed by atoms with van der Waals surface area (Å²) in [6.07, 6.45) is 1.15. The number of rotatable bonds is 2. The Morgan fingerprint density at radius 1 is 1.50 bits per heavy atom. The molecule has 0 aliphatic carbocycles. The van der Waals surface area contributed by atoms with Crippen LogP contribution in [-0.2, 0) is 4.79 Å². The van der Waals surface area contributed by atoms with Gasteiger partial charge in [0.2, 0.25) is 0 Å². The summed E-state index contributed by atoms with van der Waals surface area (Å²) in [4.78, 5) is 23.6. The van der Waals surface area contributed by atoms with Crippen molar-refractivity contribution in [2.75, 3.05) is 6.54 Å². The molecule has 1 heterocycles. The van der Waals surface area contributed by atoms with Crippen molar-refractivity contribution in [3.05, 3.63) is 12.2 Å². The lowest BCUT2D eigenvalue weighted by atomic mass is 9.68. The molecule has 90 valence electrons. The second-order valence-corrected chi connectivity index (χ2v) is 5.29. The zero-order valence-corrected chi connectivity index (χ0v) is 10.1.